The van der Waals surface area contributed by atoms with Crippen molar-refractivity contribution in [1.82, 2.24) is 10.3 Å². The van der Waals surface area contributed by atoms with Crippen LogP contribution in [0.4, 0.5) is 10.6 Å². The van der Waals surface area contributed by atoms with Crippen LogP contribution in [0.5, 0.6) is 0 Å². The smallest absolute Gasteiger partial charge is 0.407 e. The number of carbonyl (C=O) groups is 1. The molecule has 1 amide bonds. The van der Waals surface area contributed by atoms with Crippen molar-refractivity contribution in [2.24, 2.45) is 0 Å². The van der Waals surface area contributed by atoms with Crippen LogP contribution in [0.3, 0.4) is 0 Å². The van der Waals surface area contributed by atoms with Crippen LogP contribution in [0, 0.1) is 6.92 Å². The van der Waals surface area contributed by atoms with Gasteiger partial charge in [-0.05, 0) is 39.3 Å². The van der Waals surface area contributed by atoms with E-state index in [0.717, 1.165) is 11.1 Å². The molecule has 0 saturated carbocycles. The number of hydrogen-bond acceptors (Lipinski definition) is 4. The van der Waals surface area contributed by atoms with E-state index >= 15 is 0 Å². The zero-order valence-corrected chi connectivity index (χ0v) is 11.9. The number of ether oxygens (including phenoxy) is 1. The summed E-state index contributed by atoms with van der Waals surface area (Å²) in [6, 6.07) is 1.94. The van der Waals surface area contributed by atoms with Gasteiger partial charge in [-0.15, -0.1) is 0 Å². The third-order valence-electron chi connectivity index (χ3n) is 2.15. The minimum atomic E-state index is -0.487. The molecule has 1 rings (SSSR count). The third kappa shape index (κ3) is 5.90. The molecule has 0 spiro atoms. The Kier molecular flexibility index (Phi) is 4.92. The number of alkyl carbamates (subject to hydrolysis) is 1. The van der Waals surface area contributed by atoms with Gasteiger partial charge in [0.25, 0.3) is 0 Å². The summed E-state index contributed by atoms with van der Waals surface area (Å²) in [5.41, 5.74) is 7.13. The minimum absolute atomic E-state index is 0.377. The molecule has 0 fully saturated rings. The first kappa shape index (κ1) is 15.0. The summed E-state index contributed by atoms with van der Waals surface area (Å²) in [6.45, 7) is 7.79. The lowest BCUT2D eigenvalue weighted by molar-refractivity contribution is 0.0534. The molecule has 5 heteroatoms. The Morgan fingerprint density at radius 2 is 2.21 bits per heavy atom. The second-order valence-corrected chi connectivity index (χ2v) is 5.27. The Morgan fingerprint density at radius 3 is 2.84 bits per heavy atom. The SMILES string of the molecule is Cc1cnc(N)c(C=CCNC(=O)OC(C)(C)C)c1. The molecule has 0 radical (unpaired) electrons. The molecule has 0 unspecified atom stereocenters. The highest BCUT2D eigenvalue weighted by Gasteiger charge is 2.14. The minimum Gasteiger partial charge on any atom is -0.444 e. The number of aromatic nitrogens is 1. The Balaban J connectivity index is 2.47. The molecule has 0 aromatic carbocycles. The van der Waals surface area contributed by atoms with Gasteiger partial charge < -0.3 is 15.8 Å². The van der Waals surface area contributed by atoms with Crippen LogP contribution in [0.2, 0.25) is 0 Å². The summed E-state index contributed by atoms with van der Waals surface area (Å²) in [5.74, 6) is 0.471. The summed E-state index contributed by atoms with van der Waals surface area (Å²) in [6.07, 6.45) is 4.90. The maximum atomic E-state index is 11.4. The maximum Gasteiger partial charge on any atom is 0.407 e. The number of pyridine rings is 1. The van der Waals surface area contributed by atoms with E-state index in [0.29, 0.717) is 12.4 Å². The quantitative estimate of drug-likeness (QED) is 0.878. The number of nitrogens with one attached hydrogen (secondary N) is 1. The fourth-order valence-electron chi connectivity index (χ4n) is 1.38. The zero-order chi connectivity index (χ0) is 14.5. The van der Waals surface area contributed by atoms with Gasteiger partial charge in [0.2, 0.25) is 0 Å². The zero-order valence-electron chi connectivity index (χ0n) is 11.9. The van der Waals surface area contributed by atoms with E-state index in [-0.39, 0.29) is 0 Å². The van der Waals surface area contributed by atoms with Gasteiger partial charge in [0.05, 0.1) is 0 Å². The molecular formula is C14H21N3O2. The molecule has 0 saturated heterocycles. The summed E-state index contributed by atoms with van der Waals surface area (Å²) >= 11 is 0. The molecule has 1 aromatic rings. The highest BCUT2D eigenvalue weighted by molar-refractivity contribution is 5.68. The molecule has 0 aliphatic carbocycles. The Bertz CT molecular complexity index is 476. The summed E-state index contributed by atoms with van der Waals surface area (Å²) < 4.78 is 5.11. The van der Waals surface area contributed by atoms with Crippen molar-refractivity contribution < 1.29 is 9.53 Å². The molecule has 5 nitrogen and oxygen atoms in total. The van der Waals surface area contributed by atoms with E-state index in [4.69, 9.17) is 10.5 Å². The van der Waals surface area contributed by atoms with Gasteiger partial charge in [-0.3, -0.25) is 0 Å². The lowest BCUT2D eigenvalue weighted by Crippen LogP contribution is -2.32. The number of nitrogens with zero attached hydrogens (tertiary/aromatic N) is 1. The van der Waals surface area contributed by atoms with Crippen molar-refractivity contribution in [2.75, 3.05) is 12.3 Å². The largest absolute Gasteiger partial charge is 0.444 e. The van der Waals surface area contributed by atoms with Gasteiger partial charge >= 0.3 is 6.09 Å². The molecule has 1 aromatic heterocycles. The van der Waals surface area contributed by atoms with Crippen LogP contribution in [-0.4, -0.2) is 23.2 Å². The van der Waals surface area contributed by atoms with Crippen LogP contribution in [0.25, 0.3) is 6.08 Å². The predicted molar refractivity (Wildman–Crippen MR) is 76.7 cm³/mol. The number of anilines is 1. The lowest BCUT2D eigenvalue weighted by atomic mass is 10.2. The number of amides is 1. The first-order chi connectivity index (χ1) is 8.78. The topological polar surface area (TPSA) is 77.2 Å². The third-order valence-corrected chi connectivity index (χ3v) is 2.15. The van der Waals surface area contributed by atoms with E-state index in [1.54, 1.807) is 12.3 Å². The van der Waals surface area contributed by atoms with Gasteiger partial charge in [0.1, 0.15) is 11.4 Å². The van der Waals surface area contributed by atoms with Crippen molar-refractivity contribution in [1.29, 1.82) is 0 Å². The molecule has 0 aliphatic rings. The monoisotopic (exact) mass is 263 g/mol. The number of rotatable bonds is 3. The van der Waals surface area contributed by atoms with Gasteiger partial charge in [0, 0.05) is 18.3 Å². The van der Waals surface area contributed by atoms with Crippen molar-refractivity contribution in [3.63, 3.8) is 0 Å². The number of carbonyl (C=O) groups excluding carboxylic acids is 1. The van der Waals surface area contributed by atoms with Crippen molar-refractivity contribution >= 4 is 18.0 Å². The fourth-order valence-corrected chi connectivity index (χ4v) is 1.38. The second kappa shape index (κ2) is 6.22. The molecule has 3 N–H and O–H groups in total. The second-order valence-electron chi connectivity index (χ2n) is 5.27. The molecule has 19 heavy (non-hydrogen) atoms. The van der Waals surface area contributed by atoms with Crippen molar-refractivity contribution in [3.05, 3.63) is 29.5 Å². The lowest BCUT2D eigenvalue weighted by Gasteiger charge is -2.19. The molecule has 0 aliphatic heterocycles. The van der Waals surface area contributed by atoms with Crippen LogP contribution in [-0.2, 0) is 4.74 Å². The number of aryl methyl sites for hydroxylation is 1. The average Bonchev–Trinajstić information content (AvgIpc) is 2.26. The fraction of sp³-hybridized carbons (Fsp3) is 0.429. The van der Waals surface area contributed by atoms with Gasteiger partial charge in [-0.25, -0.2) is 9.78 Å². The van der Waals surface area contributed by atoms with Crippen molar-refractivity contribution in [3.8, 4) is 0 Å². The normalized spacial score (nSPS) is 11.6. The Hall–Kier alpha value is -2.04. The number of nitrogen functional groups attached to an aromatic ring is 1. The van der Waals surface area contributed by atoms with Crippen molar-refractivity contribution in [2.45, 2.75) is 33.3 Å². The van der Waals surface area contributed by atoms with Crippen LogP contribution < -0.4 is 11.1 Å². The Morgan fingerprint density at radius 1 is 1.53 bits per heavy atom. The molecule has 104 valence electrons. The molecule has 0 atom stereocenters. The maximum absolute atomic E-state index is 11.4. The molecular weight excluding hydrogens is 242 g/mol. The summed E-state index contributed by atoms with van der Waals surface area (Å²) in [4.78, 5) is 15.4. The van der Waals surface area contributed by atoms with Crippen LogP contribution >= 0.6 is 0 Å². The first-order valence-corrected chi connectivity index (χ1v) is 6.13. The van der Waals surface area contributed by atoms with E-state index in [2.05, 4.69) is 10.3 Å². The van der Waals surface area contributed by atoms with E-state index in [1.165, 1.54) is 0 Å². The highest BCUT2D eigenvalue weighted by Crippen LogP contribution is 2.11. The highest BCUT2D eigenvalue weighted by atomic mass is 16.6. The van der Waals surface area contributed by atoms with Gasteiger partial charge in [-0.1, -0.05) is 12.2 Å². The number of hydrogen-bond donors (Lipinski definition) is 2. The van der Waals surface area contributed by atoms with Crippen LogP contribution in [0.15, 0.2) is 18.3 Å². The van der Waals surface area contributed by atoms with E-state index in [9.17, 15) is 4.79 Å². The van der Waals surface area contributed by atoms with E-state index in [1.807, 2.05) is 39.8 Å². The van der Waals surface area contributed by atoms with Crippen LogP contribution in [0.1, 0.15) is 31.9 Å². The molecule has 1 heterocycles. The van der Waals surface area contributed by atoms with Gasteiger partial charge in [0.15, 0.2) is 0 Å². The average molecular weight is 263 g/mol. The standard InChI is InChI=1S/C14H21N3O2/c1-10-8-11(12(15)17-9-10)6-5-7-16-13(18)19-14(2,3)4/h5-6,8-9H,7H2,1-4H3,(H2,15,17)(H,16,18). The Labute approximate surface area is 113 Å². The first-order valence-electron chi connectivity index (χ1n) is 6.13. The summed E-state index contributed by atoms with van der Waals surface area (Å²) in [5, 5.41) is 2.63. The van der Waals surface area contributed by atoms with E-state index < -0.39 is 11.7 Å². The number of nitrogens with two attached hydrogens (primary N) is 1. The van der Waals surface area contributed by atoms with Gasteiger partial charge in [-0.2, -0.15) is 0 Å². The predicted octanol–water partition coefficient (Wildman–Crippen LogP) is 2.51. The molecule has 0 bridgehead atoms. The summed E-state index contributed by atoms with van der Waals surface area (Å²) in [7, 11) is 0.